The van der Waals surface area contributed by atoms with Crippen LogP contribution in [0.5, 0.6) is 0 Å². The Morgan fingerprint density at radius 3 is 2.31 bits per heavy atom. The van der Waals surface area contributed by atoms with Crippen LogP contribution in [-0.2, 0) is 15.7 Å². The topological polar surface area (TPSA) is 82.7 Å². The van der Waals surface area contributed by atoms with Gasteiger partial charge in [-0.25, -0.2) is 9.59 Å². The summed E-state index contributed by atoms with van der Waals surface area (Å²) < 4.78 is 44.0. The summed E-state index contributed by atoms with van der Waals surface area (Å²) in [6.07, 6.45) is -4.81. The monoisotopic (exact) mass is 506 g/mol. The normalized spacial score (nSPS) is 16.2. The Morgan fingerprint density at radius 2 is 1.71 bits per heavy atom. The van der Waals surface area contributed by atoms with Gasteiger partial charge in [0, 0.05) is 24.1 Å². The number of allylic oxidation sites excluding steroid dienone is 1. The van der Waals surface area contributed by atoms with E-state index in [1.165, 1.54) is 12.1 Å². The van der Waals surface area contributed by atoms with E-state index in [9.17, 15) is 22.8 Å². The van der Waals surface area contributed by atoms with Crippen LogP contribution in [0.4, 0.5) is 29.3 Å². The number of thiocarbonyl (C=S) groups is 1. The van der Waals surface area contributed by atoms with E-state index in [0.717, 1.165) is 12.1 Å². The number of amides is 2. The van der Waals surface area contributed by atoms with Gasteiger partial charge in [0.25, 0.3) is 0 Å². The lowest BCUT2D eigenvalue weighted by molar-refractivity contribution is -0.143. The van der Waals surface area contributed by atoms with Crippen molar-refractivity contribution in [3.05, 3.63) is 70.9 Å². The summed E-state index contributed by atoms with van der Waals surface area (Å²) in [7, 11) is 1.75. The van der Waals surface area contributed by atoms with Gasteiger partial charge in [0.1, 0.15) is 0 Å². The Kier molecular flexibility index (Phi) is 7.69. The average Bonchev–Trinajstić information content (AvgIpc) is 2.76. The highest BCUT2D eigenvalue weighted by molar-refractivity contribution is 7.80. The van der Waals surface area contributed by atoms with Gasteiger partial charge in [-0.3, -0.25) is 0 Å². The number of ether oxygens (including phenoxy) is 1. The number of anilines is 2. The van der Waals surface area contributed by atoms with Crippen LogP contribution in [0, 0.1) is 0 Å². The standard InChI is InChI=1S/C24H25F3N4O3S/c1-13(2)34-21(32)19-14(3)31(4)23(35)30-20(19)15-8-10-17(11-9-15)28-22(33)29-18-7-5-6-16(12-18)24(25,26)27/h5-13,20H,1-4H3,(H,30,35)(H2,28,29,33). The Bertz CT molecular complexity index is 1160. The number of hydrogen-bond acceptors (Lipinski definition) is 4. The summed E-state index contributed by atoms with van der Waals surface area (Å²) in [6, 6.07) is 9.74. The van der Waals surface area contributed by atoms with E-state index >= 15 is 0 Å². The van der Waals surface area contributed by atoms with Crippen molar-refractivity contribution in [2.75, 3.05) is 17.7 Å². The van der Waals surface area contributed by atoms with Crippen LogP contribution in [0.2, 0.25) is 0 Å². The molecule has 35 heavy (non-hydrogen) atoms. The van der Waals surface area contributed by atoms with Crippen molar-refractivity contribution < 1.29 is 27.5 Å². The van der Waals surface area contributed by atoms with E-state index in [4.69, 9.17) is 17.0 Å². The minimum absolute atomic E-state index is 0.00639. The van der Waals surface area contributed by atoms with Crippen molar-refractivity contribution in [1.82, 2.24) is 10.2 Å². The molecule has 2 amide bonds. The SMILES string of the molecule is CC1=C(C(=O)OC(C)C)C(c2ccc(NC(=O)Nc3cccc(C(F)(F)F)c3)cc2)NC(=S)N1C. The van der Waals surface area contributed by atoms with Gasteiger partial charge in [-0.15, -0.1) is 0 Å². The molecule has 1 heterocycles. The van der Waals surface area contributed by atoms with Crippen LogP contribution >= 0.6 is 12.2 Å². The van der Waals surface area contributed by atoms with Crippen LogP contribution < -0.4 is 16.0 Å². The molecule has 2 aromatic rings. The molecular weight excluding hydrogens is 481 g/mol. The first kappa shape index (κ1) is 26.0. The lowest BCUT2D eigenvalue weighted by Crippen LogP contribution is -2.46. The van der Waals surface area contributed by atoms with E-state index in [2.05, 4.69) is 16.0 Å². The van der Waals surface area contributed by atoms with Gasteiger partial charge in [-0.2, -0.15) is 13.2 Å². The maximum absolute atomic E-state index is 12.9. The average molecular weight is 507 g/mol. The Labute approximate surface area is 206 Å². The van der Waals surface area contributed by atoms with Gasteiger partial charge < -0.3 is 25.6 Å². The largest absolute Gasteiger partial charge is 0.459 e. The molecule has 0 saturated heterocycles. The smallest absolute Gasteiger partial charge is 0.416 e. The Balaban J connectivity index is 1.76. The Morgan fingerprint density at radius 1 is 1.09 bits per heavy atom. The molecular formula is C24H25F3N4O3S. The fourth-order valence-corrected chi connectivity index (χ4v) is 3.71. The van der Waals surface area contributed by atoms with Crippen LogP contribution in [0.25, 0.3) is 0 Å². The highest BCUT2D eigenvalue weighted by atomic mass is 32.1. The highest BCUT2D eigenvalue weighted by Crippen LogP contribution is 2.32. The number of benzene rings is 2. The quantitative estimate of drug-likeness (QED) is 0.370. The first-order valence-corrected chi connectivity index (χ1v) is 11.1. The van der Waals surface area contributed by atoms with Gasteiger partial charge in [0.15, 0.2) is 5.11 Å². The third kappa shape index (κ3) is 6.30. The zero-order chi connectivity index (χ0) is 25.9. The summed E-state index contributed by atoms with van der Waals surface area (Å²) in [6.45, 7) is 5.31. The summed E-state index contributed by atoms with van der Waals surface area (Å²) in [5.41, 5.74) is 1.33. The number of carbonyl (C=O) groups is 2. The van der Waals surface area contributed by atoms with E-state index in [-0.39, 0.29) is 11.8 Å². The predicted octanol–water partition coefficient (Wildman–Crippen LogP) is 5.44. The van der Waals surface area contributed by atoms with Gasteiger partial charge in [0.2, 0.25) is 0 Å². The molecule has 0 aromatic heterocycles. The zero-order valence-electron chi connectivity index (χ0n) is 19.5. The highest BCUT2D eigenvalue weighted by Gasteiger charge is 2.34. The Hall–Kier alpha value is -3.60. The summed E-state index contributed by atoms with van der Waals surface area (Å²) in [5.74, 6) is -0.466. The van der Waals surface area contributed by atoms with Crippen molar-refractivity contribution in [2.24, 2.45) is 0 Å². The van der Waals surface area contributed by atoms with Crippen LogP contribution in [0.15, 0.2) is 59.8 Å². The molecule has 1 aliphatic rings. The van der Waals surface area contributed by atoms with E-state index in [1.807, 2.05) is 0 Å². The van der Waals surface area contributed by atoms with Crippen molar-refractivity contribution >= 4 is 40.7 Å². The number of hydrogen-bond donors (Lipinski definition) is 3. The summed E-state index contributed by atoms with van der Waals surface area (Å²) in [4.78, 5) is 26.8. The molecule has 3 rings (SSSR count). The fourth-order valence-electron chi connectivity index (χ4n) is 3.45. The molecule has 7 nitrogen and oxygen atoms in total. The van der Waals surface area contributed by atoms with Gasteiger partial charge in [0.05, 0.1) is 23.3 Å². The summed E-state index contributed by atoms with van der Waals surface area (Å²) in [5, 5.41) is 8.53. The maximum atomic E-state index is 12.9. The van der Waals surface area contributed by atoms with Crippen molar-refractivity contribution in [3.63, 3.8) is 0 Å². The minimum Gasteiger partial charge on any atom is -0.459 e. The molecule has 11 heteroatoms. The van der Waals surface area contributed by atoms with Crippen molar-refractivity contribution in [3.8, 4) is 0 Å². The van der Waals surface area contributed by atoms with E-state index in [1.54, 1.807) is 57.0 Å². The number of nitrogens with zero attached hydrogens (tertiary/aromatic N) is 1. The third-order valence-electron chi connectivity index (χ3n) is 5.27. The molecule has 0 bridgehead atoms. The number of alkyl halides is 3. The number of halogens is 3. The number of carbonyl (C=O) groups excluding carboxylic acids is 2. The third-order valence-corrected chi connectivity index (χ3v) is 5.66. The molecule has 0 aliphatic carbocycles. The first-order valence-electron chi connectivity index (χ1n) is 10.7. The van der Waals surface area contributed by atoms with Gasteiger partial charge in [-0.05, 0) is 68.9 Å². The maximum Gasteiger partial charge on any atom is 0.416 e. The number of nitrogens with one attached hydrogen (secondary N) is 3. The molecule has 3 N–H and O–H groups in total. The van der Waals surface area contributed by atoms with Gasteiger partial charge in [-0.1, -0.05) is 18.2 Å². The minimum atomic E-state index is -4.51. The van der Waals surface area contributed by atoms with Gasteiger partial charge >= 0.3 is 18.2 Å². The predicted molar refractivity (Wildman–Crippen MR) is 131 cm³/mol. The molecule has 186 valence electrons. The molecule has 1 aliphatic heterocycles. The van der Waals surface area contributed by atoms with Crippen LogP contribution in [0.3, 0.4) is 0 Å². The lowest BCUT2D eigenvalue weighted by atomic mass is 9.95. The zero-order valence-corrected chi connectivity index (χ0v) is 20.3. The second kappa shape index (κ2) is 10.3. The molecule has 0 radical (unpaired) electrons. The number of esters is 1. The van der Waals surface area contributed by atoms with E-state index in [0.29, 0.717) is 27.6 Å². The van der Waals surface area contributed by atoms with Crippen LogP contribution in [-0.4, -0.2) is 35.2 Å². The first-order chi connectivity index (χ1) is 16.4. The second-order valence-corrected chi connectivity index (χ2v) is 8.56. The fraction of sp³-hybridized carbons (Fsp3) is 0.292. The molecule has 2 aromatic carbocycles. The van der Waals surface area contributed by atoms with Crippen molar-refractivity contribution in [2.45, 2.75) is 39.1 Å². The second-order valence-electron chi connectivity index (χ2n) is 8.17. The molecule has 0 saturated carbocycles. The molecule has 0 fully saturated rings. The van der Waals surface area contributed by atoms with E-state index < -0.39 is 29.8 Å². The lowest BCUT2D eigenvalue weighted by Gasteiger charge is -2.35. The number of rotatable bonds is 5. The molecule has 1 atom stereocenters. The number of urea groups is 1. The van der Waals surface area contributed by atoms with Crippen LogP contribution in [0.1, 0.15) is 37.9 Å². The molecule has 1 unspecified atom stereocenters. The summed E-state index contributed by atoms with van der Waals surface area (Å²) >= 11 is 5.38. The molecule has 0 spiro atoms. The van der Waals surface area contributed by atoms with Crippen molar-refractivity contribution in [1.29, 1.82) is 0 Å².